The summed E-state index contributed by atoms with van der Waals surface area (Å²) >= 11 is 0. The number of nitrogens with one attached hydrogen (secondary N) is 1. The van der Waals surface area contributed by atoms with Gasteiger partial charge in [0.25, 0.3) is 0 Å². The smallest absolute Gasteiger partial charge is 0.336 e. The van der Waals surface area contributed by atoms with Gasteiger partial charge in [0.1, 0.15) is 17.8 Å². The first-order valence-corrected chi connectivity index (χ1v) is 9.58. The largest absolute Gasteiger partial charge is 0.356 e. The molecule has 0 saturated heterocycles. The van der Waals surface area contributed by atoms with E-state index in [0.29, 0.717) is 25.3 Å². The van der Waals surface area contributed by atoms with E-state index in [2.05, 4.69) is 19.9 Å². The van der Waals surface area contributed by atoms with Crippen molar-refractivity contribution in [2.75, 3.05) is 18.5 Å². The molecule has 2 aliphatic rings. The van der Waals surface area contributed by atoms with Gasteiger partial charge in [-0.05, 0) is 37.7 Å². The average molecular weight is 351 g/mol. The van der Waals surface area contributed by atoms with E-state index >= 15 is 0 Å². The Morgan fingerprint density at radius 3 is 2.71 bits per heavy atom. The molecule has 2 aliphatic carbocycles. The zero-order valence-electron chi connectivity index (χ0n) is 13.5. The first-order valence-electron chi connectivity index (χ1n) is 8.18. The molecule has 24 heavy (non-hydrogen) atoms. The summed E-state index contributed by atoms with van der Waals surface area (Å²) in [5, 5.41) is 0.952. The highest BCUT2D eigenvalue weighted by atomic mass is 32.2. The van der Waals surface area contributed by atoms with Gasteiger partial charge in [-0.25, -0.2) is 9.97 Å². The van der Waals surface area contributed by atoms with Gasteiger partial charge in [0, 0.05) is 31.9 Å². The summed E-state index contributed by atoms with van der Waals surface area (Å²) in [6.07, 6.45) is 6.84. The first-order chi connectivity index (χ1) is 11.4. The van der Waals surface area contributed by atoms with Gasteiger partial charge >= 0.3 is 10.3 Å². The Morgan fingerprint density at radius 2 is 2.04 bits per heavy atom. The second-order valence-corrected chi connectivity index (χ2v) is 8.18. The van der Waals surface area contributed by atoms with E-state index in [1.54, 1.807) is 0 Å². The molecule has 2 saturated carbocycles. The minimum Gasteiger partial charge on any atom is -0.356 e. The van der Waals surface area contributed by atoms with Gasteiger partial charge in [-0.1, -0.05) is 0 Å². The van der Waals surface area contributed by atoms with Crippen molar-refractivity contribution in [3.05, 3.63) is 18.6 Å². The normalized spacial score (nSPS) is 24.3. The monoisotopic (exact) mass is 351 g/mol. The van der Waals surface area contributed by atoms with Gasteiger partial charge in [-0.2, -0.15) is 12.7 Å². The molecule has 0 spiro atoms. The summed E-state index contributed by atoms with van der Waals surface area (Å²) < 4.78 is 34.1. The van der Waals surface area contributed by atoms with Crippen LogP contribution in [0.15, 0.2) is 18.6 Å². The molecule has 0 unspecified atom stereocenters. The predicted molar refractivity (Wildman–Crippen MR) is 90.1 cm³/mol. The van der Waals surface area contributed by atoms with Crippen LogP contribution in [0.5, 0.6) is 0 Å². The summed E-state index contributed by atoms with van der Waals surface area (Å²) in [7, 11) is -2.17. The van der Waals surface area contributed by atoms with Crippen LogP contribution in [0, 0.1) is 5.92 Å². The van der Waals surface area contributed by atoms with Crippen LogP contribution in [0.2, 0.25) is 0 Å². The molecule has 2 aromatic rings. The number of anilines is 1. The third kappa shape index (κ3) is 2.87. The van der Waals surface area contributed by atoms with Gasteiger partial charge in [-0.15, -0.1) is 0 Å². The average Bonchev–Trinajstić information content (AvgIpc) is 3.17. The van der Waals surface area contributed by atoms with Crippen molar-refractivity contribution in [2.45, 2.75) is 37.8 Å². The number of nitrogens with zero attached hydrogens (tertiary/aromatic N) is 4. The Labute approximate surface area is 140 Å². The second kappa shape index (κ2) is 5.68. The molecule has 0 radical (unpaired) electrons. The summed E-state index contributed by atoms with van der Waals surface area (Å²) in [4.78, 5) is 13.7. The zero-order chi connectivity index (χ0) is 16.9. The van der Waals surface area contributed by atoms with Crippen LogP contribution in [-0.2, 0) is 10.3 Å². The van der Waals surface area contributed by atoms with Crippen molar-refractivity contribution in [3.8, 4) is 0 Å². The molecule has 130 valence electrons. The lowest BCUT2D eigenvalue weighted by Gasteiger charge is -2.45. The fourth-order valence-corrected chi connectivity index (χ4v) is 4.36. The standard InChI is InChI=1S/C15H21N5O3S/c1-19(15-13-4-5-16-14(13)17-9-18-15)11-6-12(7-11)20(24(21,22)23)8-10-2-3-10/h4-5,9-12H,2-3,6-8H2,1H3,(H,16,17,18)(H,21,22,23). The summed E-state index contributed by atoms with van der Waals surface area (Å²) in [6, 6.07) is 2.01. The van der Waals surface area contributed by atoms with E-state index in [1.165, 1.54) is 10.6 Å². The maximum absolute atomic E-state index is 11.7. The Kier molecular flexibility index (Phi) is 3.74. The van der Waals surface area contributed by atoms with E-state index in [-0.39, 0.29) is 12.1 Å². The minimum absolute atomic E-state index is 0.128. The van der Waals surface area contributed by atoms with Gasteiger partial charge in [-0.3, -0.25) is 4.55 Å². The van der Waals surface area contributed by atoms with E-state index in [1.807, 2.05) is 19.3 Å². The number of aromatic amines is 1. The van der Waals surface area contributed by atoms with Crippen molar-refractivity contribution in [1.82, 2.24) is 19.3 Å². The van der Waals surface area contributed by atoms with Crippen molar-refractivity contribution in [2.24, 2.45) is 5.92 Å². The third-order valence-corrected chi connectivity index (χ3v) is 6.18. The molecule has 2 N–H and O–H groups in total. The van der Waals surface area contributed by atoms with Gasteiger partial charge in [0.15, 0.2) is 0 Å². The molecule has 0 atom stereocenters. The molecule has 0 amide bonds. The molecule has 2 aromatic heterocycles. The zero-order valence-corrected chi connectivity index (χ0v) is 14.3. The van der Waals surface area contributed by atoms with E-state index in [9.17, 15) is 13.0 Å². The van der Waals surface area contributed by atoms with Crippen LogP contribution >= 0.6 is 0 Å². The molecule has 2 fully saturated rings. The summed E-state index contributed by atoms with van der Waals surface area (Å²) in [5.74, 6) is 1.25. The van der Waals surface area contributed by atoms with Crippen LogP contribution in [0.1, 0.15) is 25.7 Å². The van der Waals surface area contributed by atoms with Gasteiger partial charge in [0.2, 0.25) is 0 Å². The van der Waals surface area contributed by atoms with Crippen LogP contribution in [0.3, 0.4) is 0 Å². The number of aromatic nitrogens is 3. The lowest BCUT2D eigenvalue weighted by molar-refractivity contribution is 0.171. The van der Waals surface area contributed by atoms with Crippen molar-refractivity contribution in [3.63, 3.8) is 0 Å². The van der Waals surface area contributed by atoms with E-state index < -0.39 is 10.3 Å². The maximum Gasteiger partial charge on any atom is 0.336 e. The topological polar surface area (TPSA) is 102 Å². The molecule has 0 aromatic carbocycles. The molecular formula is C15H21N5O3S. The number of fused-ring (bicyclic) bond motifs is 1. The highest BCUT2D eigenvalue weighted by molar-refractivity contribution is 7.83. The molecule has 8 nitrogen and oxygen atoms in total. The Balaban J connectivity index is 1.47. The molecule has 0 bridgehead atoms. The van der Waals surface area contributed by atoms with Crippen LogP contribution in [0.25, 0.3) is 11.0 Å². The second-order valence-electron chi connectivity index (χ2n) is 6.82. The Hall–Kier alpha value is -1.71. The molecule has 0 aliphatic heterocycles. The lowest BCUT2D eigenvalue weighted by Crippen LogP contribution is -2.55. The number of hydrogen-bond donors (Lipinski definition) is 2. The van der Waals surface area contributed by atoms with E-state index in [4.69, 9.17) is 0 Å². The highest BCUT2D eigenvalue weighted by Crippen LogP contribution is 2.37. The molecule has 2 heterocycles. The molecule has 4 rings (SSSR count). The number of H-pyrrole nitrogens is 1. The highest BCUT2D eigenvalue weighted by Gasteiger charge is 2.43. The van der Waals surface area contributed by atoms with Gasteiger partial charge < -0.3 is 9.88 Å². The fourth-order valence-electron chi connectivity index (χ4n) is 3.41. The fraction of sp³-hybridized carbons (Fsp3) is 0.600. The molecule has 9 heteroatoms. The summed E-state index contributed by atoms with van der Waals surface area (Å²) in [6.45, 7) is 0.440. The minimum atomic E-state index is -4.14. The van der Waals surface area contributed by atoms with Crippen molar-refractivity contribution in [1.29, 1.82) is 0 Å². The van der Waals surface area contributed by atoms with Crippen LogP contribution in [0.4, 0.5) is 5.82 Å². The molecular weight excluding hydrogens is 330 g/mol. The lowest BCUT2D eigenvalue weighted by atomic mass is 9.85. The van der Waals surface area contributed by atoms with Crippen LogP contribution in [-0.4, -0.2) is 57.9 Å². The predicted octanol–water partition coefficient (Wildman–Crippen LogP) is 1.44. The quantitative estimate of drug-likeness (QED) is 0.764. The van der Waals surface area contributed by atoms with Crippen molar-refractivity contribution >= 4 is 27.2 Å². The first kappa shape index (κ1) is 15.8. The maximum atomic E-state index is 11.7. The SMILES string of the molecule is CN(c1ncnc2[nH]ccc12)C1CC(N(CC2CC2)S(=O)(=O)O)C1. The third-order valence-electron chi connectivity index (χ3n) is 5.14. The number of rotatable bonds is 6. The van der Waals surface area contributed by atoms with Crippen molar-refractivity contribution < 1.29 is 13.0 Å². The van der Waals surface area contributed by atoms with E-state index in [0.717, 1.165) is 29.7 Å². The van der Waals surface area contributed by atoms with Gasteiger partial charge in [0.05, 0.1) is 5.39 Å². The Bertz CT molecular complexity index is 842. The number of hydrogen-bond acceptors (Lipinski definition) is 5. The van der Waals surface area contributed by atoms with Crippen LogP contribution < -0.4 is 4.90 Å². The Morgan fingerprint density at radius 1 is 1.29 bits per heavy atom. The summed E-state index contributed by atoms with van der Waals surface area (Å²) in [5.41, 5.74) is 0.788.